The average Bonchev–Trinajstić information content (AvgIpc) is 3.42. The third-order valence-electron chi connectivity index (χ3n) is 7.83. The zero-order valence-electron chi connectivity index (χ0n) is 23.4. The minimum absolute atomic E-state index is 0.292. The van der Waals surface area contributed by atoms with Crippen molar-refractivity contribution in [2.24, 2.45) is 7.05 Å². The van der Waals surface area contributed by atoms with Crippen molar-refractivity contribution in [3.63, 3.8) is 0 Å². The number of benzene rings is 3. The van der Waals surface area contributed by atoms with Crippen LogP contribution in [0.3, 0.4) is 0 Å². The van der Waals surface area contributed by atoms with Crippen molar-refractivity contribution in [1.29, 1.82) is 0 Å². The number of para-hydroxylation sites is 1. The first-order valence-corrected chi connectivity index (χ1v) is 14.1. The number of hydrogen-bond acceptors (Lipinski definition) is 5. The normalized spacial score (nSPS) is 13.7. The van der Waals surface area contributed by atoms with Crippen molar-refractivity contribution in [1.82, 2.24) is 14.3 Å². The molecule has 0 atom stereocenters. The summed E-state index contributed by atoms with van der Waals surface area (Å²) in [6.45, 7) is 6.51. The van der Waals surface area contributed by atoms with E-state index in [-0.39, 0.29) is 5.97 Å². The highest BCUT2D eigenvalue weighted by molar-refractivity contribution is 6.05. The predicted molar refractivity (Wildman–Crippen MR) is 157 cm³/mol. The maximum absolute atomic E-state index is 13.5. The molecule has 0 aliphatic carbocycles. The highest BCUT2D eigenvalue weighted by Crippen LogP contribution is 2.39. The van der Waals surface area contributed by atoms with E-state index in [0.29, 0.717) is 45.1 Å². The lowest BCUT2D eigenvalue weighted by atomic mass is 9.99. The molecule has 0 amide bonds. The third-order valence-corrected chi connectivity index (χ3v) is 7.83. The molecule has 7 heteroatoms. The summed E-state index contributed by atoms with van der Waals surface area (Å²) in [6, 6.07) is 20.7. The molecule has 3 heterocycles. The van der Waals surface area contributed by atoms with E-state index in [4.69, 9.17) is 19.3 Å². The highest BCUT2D eigenvalue weighted by Gasteiger charge is 2.28. The molecule has 6 rings (SSSR count). The fourth-order valence-electron chi connectivity index (χ4n) is 5.89. The Kier molecular flexibility index (Phi) is 7.30. The van der Waals surface area contributed by atoms with Crippen LogP contribution in [0.15, 0.2) is 60.7 Å². The van der Waals surface area contributed by atoms with Gasteiger partial charge in [0.2, 0.25) is 0 Å². The molecule has 1 aliphatic rings. The van der Waals surface area contributed by atoms with E-state index in [1.165, 1.54) is 5.39 Å². The molecule has 0 spiro atoms. The fourth-order valence-corrected chi connectivity index (χ4v) is 5.89. The van der Waals surface area contributed by atoms with Crippen LogP contribution in [-0.2, 0) is 36.1 Å². The first kappa shape index (κ1) is 26.1. The average molecular weight is 538 g/mol. The van der Waals surface area contributed by atoms with Crippen molar-refractivity contribution >= 4 is 27.6 Å². The van der Waals surface area contributed by atoms with Gasteiger partial charge in [-0.2, -0.15) is 5.10 Å². The van der Waals surface area contributed by atoms with Crippen LogP contribution >= 0.6 is 0 Å². The van der Waals surface area contributed by atoms with Gasteiger partial charge in [0.25, 0.3) is 0 Å². The summed E-state index contributed by atoms with van der Waals surface area (Å²) in [5.41, 5.74) is 6.75. The van der Waals surface area contributed by atoms with Gasteiger partial charge < -0.3 is 18.8 Å². The second kappa shape index (κ2) is 11.2. The van der Waals surface area contributed by atoms with E-state index >= 15 is 0 Å². The van der Waals surface area contributed by atoms with Crippen LogP contribution in [0.2, 0.25) is 0 Å². The zero-order valence-corrected chi connectivity index (χ0v) is 23.4. The largest absolute Gasteiger partial charge is 0.493 e. The number of hydrogen-bond donors (Lipinski definition) is 0. The molecule has 40 heavy (non-hydrogen) atoms. The number of carbonyl (C=O) groups excluding carboxylic acids is 1. The van der Waals surface area contributed by atoms with E-state index in [9.17, 15) is 4.79 Å². The number of aromatic nitrogens is 3. The zero-order chi connectivity index (χ0) is 27.6. The SMILES string of the molecule is CCOC(=O)c1c(CCOc2ccc3ccccc3c2)c2cccc3c2n1CCCCOCc1nn(C)c(C)c1-3. The van der Waals surface area contributed by atoms with Crippen molar-refractivity contribution in [2.45, 2.75) is 46.3 Å². The summed E-state index contributed by atoms with van der Waals surface area (Å²) in [5.74, 6) is 0.526. The number of esters is 1. The summed E-state index contributed by atoms with van der Waals surface area (Å²) in [6.07, 6.45) is 2.36. The Hall–Kier alpha value is -4.10. The predicted octanol–water partition coefficient (Wildman–Crippen LogP) is 6.61. The van der Waals surface area contributed by atoms with E-state index in [1.807, 2.05) is 36.9 Å². The maximum atomic E-state index is 13.5. The fraction of sp³-hybridized carbons (Fsp3) is 0.333. The van der Waals surface area contributed by atoms with Gasteiger partial charge in [-0.1, -0.05) is 48.5 Å². The summed E-state index contributed by atoms with van der Waals surface area (Å²) in [4.78, 5) is 13.5. The second-order valence-corrected chi connectivity index (χ2v) is 10.3. The van der Waals surface area contributed by atoms with Gasteiger partial charge in [-0.15, -0.1) is 0 Å². The molecule has 0 saturated carbocycles. The van der Waals surface area contributed by atoms with E-state index in [2.05, 4.69) is 54.0 Å². The van der Waals surface area contributed by atoms with Crippen LogP contribution in [0.4, 0.5) is 0 Å². The lowest BCUT2D eigenvalue weighted by Gasteiger charge is -2.13. The molecule has 7 nitrogen and oxygen atoms in total. The standard InChI is InChI=1S/C33H35N3O4/c1-4-39-33(37)32-27(16-19-40-25-15-14-23-10-5-6-11-24(23)20-25)26-12-9-13-28-30-22(2)35(3)34-29(30)21-38-18-8-7-17-36(32)31(26)28/h5-6,9-15,20H,4,7-8,16-19,21H2,1-3H3. The number of carbonyl (C=O) groups is 1. The first-order chi connectivity index (χ1) is 19.6. The minimum Gasteiger partial charge on any atom is -0.493 e. The van der Waals surface area contributed by atoms with Gasteiger partial charge in [-0.25, -0.2) is 4.79 Å². The van der Waals surface area contributed by atoms with Gasteiger partial charge in [0.15, 0.2) is 0 Å². The maximum Gasteiger partial charge on any atom is 0.355 e. The van der Waals surface area contributed by atoms with Gasteiger partial charge in [0.1, 0.15) is 11.4 Å². The molecule has 0 fully saturated rings. The van der Waals surface area contributed by atoms with Crippen LogP contribution < -0.4 is 4.74 Å². The van der Waals surface area contributed by atoms with E-state index in [0.717, 1.165) is 63.0 Å². The molecule has 3 aromatic carbocycles. The van der Waals surface area contributed by atoms with Gasteiger partial charge in [0, 0.05) is 48.8 Å². The molecule has 1 aliphatic heterocycles. The summed E-state index contributed by atoms with van der Waals surface area (Å²) >= 11 is 0. The van der Waals surface area contributed by atoms with Crippen molar-refractivity contribution in [2.75, 3.05) is 19.8 Å². The molecule has 0 bridgehead atoms. The Labute approximate surface area is 234 Å². The Morgan fingerprint density at radius 2 is 1.90 bits per heavy atom. The number of fused-ring (bicyclic) bond motifs is 3. The lowest BCUT2D eigenvalue weighted by Crippen LogP contribution is -2.16. The molecule has 5 aromatic rings. The molecule has 206 valence electrons. The van der Waals surface area contributed by atoms with Crippen molar-refractivity contribution < 1.29 is 19.0 Å². The van der Waals surface area contributed by atoms with Gasteiger partial charge in [-0.3, -0.25) is 4.68 Å². The van der Waals surface area contributed by atoms with Crippen molar-refractivity contribution in [3.8, 4) is 16.9 Å². The Morgan fingerprint density at radius 1 is 1.05 bits per heavy atom. The lowest BCUT2D eigenvalue weighted by molar-refractivity contribution is 0.0512. The van der Waals surface area contributed by atoms with Crippen LogP contribution in [0.5, 0.6) is 5.75 Å². The number of rotatable bonds is 6. The Bertz CT molecular complexity index is 1700. The molecule has 0 radical (unpaired) electrons. The summed E-state index contributed by atoms with van der Waals surface area (Å²) < 4.78 is 22.0. The summed E-state index contributed by atoms with van der Waals surface area (Å²) in [7, 11) is 1.97. The van der Waals surface area contributed by atoms with E-state index < -0.39 is 0 Å². The quantitative estimate of drug-likeness (QED) is 0.228. The molecular weight excluding hydrogens is 502 g/mol. The summed E-state index contributed by atoms with van der Waals surface area (Å²) in [5, 5.41) is 8.16. The smallest absolute Gasteiger partial charge is 0.355 e. The molecule has 0 N–H and O–H groups in total. The van der Waals surface area contributed by atoms with Crippen LogP contribution in [0, 0.1) is 6.92 Å². The monoisotopic (exact) mass is 537 g/mol. The number of aryl methyl sites for hydroxylation is 2. The van der Waals surface area contributed by atoms with Crippen LogP contribution in [0.25, 0.3) is 32.8 Å². The van der Waals surface area contributed by atoms with Crippen molar-refractivity contribution in [3.05, 3.63) is 83.3 Å². The molecule has 2 aromatic heterocycles. The van der Waals surface area contributed by atoms with Gasteiger partial charge in [-0.05, 0) is 55.2 Å². The van der Waals surface area contributed by atoms with Gasteiger partial charge >= 0.3 is 5.97 Å². The first-order valence-electron chi connectivity index (χ1n) is 14.1. The van der Waals surface area contributed by atoms with Crippen LogP contribution in [0.1, 0.15) is 47.2 Å². The highest BCUT2D eigenvalue weighted by atomic mass is 16.5. The Morgan fingerprint density at radius 3 is 2.75 bits per heavy atom. The molecule has 0 saturated heterocycles. The third kappa shape index (κ3) is 4.75. The topological polar surface area (TPSA) is 67.5 Å². The second-order valence-electron chi connectivity index (χ2n) is 10.3. The minimum atomic E-state index is -0.292. The van der Waals surface area contributed by atoms with E-state index in [1.54, 1.807) is 0 Å². The molecular formula is C33H35N3O4. The van der Waals surface area contributed by atoms with Gasteiger partial charge in [0.05, 0.1) is 31.0 Å². The molecule has 0 unspecified atom stereocenters. The Balaban J connectivity index is 1.46. The number of ether oxygens (including phenoxy) is 3. The van der Waals surface area contributed by atoms with Crippen LogP contribution in [-0.4, -0.2) is 40.1 Å². The number of nitrogens with zero attached hydrogens (tertiary/aromatic N) is 3.